The first-order chi connectivity index (χ1) is 15.4. The molecule has 6 rings (SSSR count). The van der Waals surface area contributed by atoms with E-state index in [1.165, 1.54) is 26.4 Å². The lowest BCUT2D eigenvalue weighted by Gasteiger charge is -2.57. The van der Waals surface area contributed by atoms with Gasteiger partial charge in [-0.2, -0.15) is 0 Å². The molecule has 32 heavy (non-hydrogen) atoms. The number of benzene rings is 1. The molecule has 172 valence electrons. The molecular formula is C25H33N3O4. The summed E-state index contributed by atoms with van der Waals surface area (Å²) >= 11 is 0. The van der Waals surface area contributed by atoms with Gasteiger partial charge in [0.2, 0.25) is 11.8 Å². The second-order valence-corrected chi connectivity index (χ2v) is 10.4. The van der Waals surface area contributed by atoms with Crippen LogP contribution in [0.15, 0.2) is 24.3 Å². The van der Waals surface area contributed by atoms with Crippen LogP contribution in [0.25, 0.3) is 0 Å². The third-order valence-electron chi connectivity index (χ3n) is 8.11. The highest BCUT2D eigenvalue weighted by molar-refractivity contribution is 5.94. The van der Waals surface area contributed by atoms with E-state index >= 15 is 0 Å². The standard InChI is InChI=1S/C25H33N3O4/c1-32-23(30)20-2-4-21(5-3-20)26-22(29)16-27-6-8-28(9-7-27)24(31)25-13-17-10-18(14-25)12-19(11-17)15-25/h2-5,17-19H,6-16H2,1H3,(H,26,29). The Morgan fingerprint density at radius 3 is 2.03 bits per heavy atom. The Balaban J connectivity index is 1.11. The summed E-state index contributed by atoms with van der Waals surface area (Å²) in [4.78, 5) is 41.7. The van der Waals surface area contributed by atoms with Crippen molar-refractivity contribution in [3.8, 4) is 0 Å². The molecule has 1 aromatic carbocycles. The third-order valence-corrected chi connectivity index (χ3v) is 8.11. The molecule has 5 fully saturated rings. The number of piperazine rings is 1. The van der Waals surface area contributed by atoms with E-state index in [9.17, 15) is 14.4 Å². The quantitative estimate of drug-likeness (QED) is 0.714. The van der Waals surface area contributed by atoms with Gasteiger partial charge >= 0.3 is 5.97 Å². The molecule has 7 nitrogen and oxygen atoms in total. The van der Waals surface area contributed by atoms with Gasteiger partial charge in [0.25, 0.3) is 0 Å². The predicted molar refractivity (Wildman–Crippen MR) is 120 cm³/mol. The number of nitrogens with one attached hydrogen (secondary N) is 1. The Morgan fingerprint density at radius 2 is 1.50 bits per heavy atom. The van der Waals surface area contributed by atoms with Crippen molar-refractivity contribution in [1.29, 1.82) is 0 Å². The molecule has 2 amide bonds. The Morgan fingerprint density at radius 1 is 0.938 bits per heavy atom. The number of hydrogen-bond donors (Lipinski definition) is 1. The SMILES string of the molecule is COC(=O)c1ccc(NC(=O)CN2CCN(C(=O)C34CC5CC(CC(C5)C3)C4)CC2)cc1. The molecule has 1 saturated heterocycles. The highest BCUT2D eigenvalue weighted by atomic mass is 16.5. The molecule has 4 bridgehead atoms. The van der Waals surface area contributed by atoms with E-state index in [0.717, 1.165) is 50.1 Å². The van der Waals surface area contributed by atoms with Crippen LogP contribution >= 0.6 is 0 Å². The zero-order valence-electron chi connectivity index (χ0n) is 18.8. The van der Waals surface area contributed by atoms with Crippen molar-refractivity contribution in [2.75, 3.05) is 45.2 Å². The minimum absolute atomic E-state index is 0.0787. The largest absolute Gasteiger partial charge is 0.465 e. The molecule has 1 aliphatic heterocycles. The average molecular weight is 440 g/mol. The van der Waals surface area contributed by atoms with Crippen LogP contribution in [0.3, 0.4) is 0 Å². The van der Waals surface area contributed by atoms with Gasteiger partial charge in [0, 0.05) is 31.9 Å². The Kier molecular flexibility index (Phi) is 5.70. The second-order valence-electron chi connectivity index (χ2n) is 10.4. The van der Waals surface area contributed by atoms with Gasteiger partial charge in [0.15, 0.2) is 0 Å². The lowest BCUT2D eigenvalue weighted by atomic mass is 9.49. The van der Waals surface area contributed by atoms with Gasteiger partial charge in [-0.05, 0) is 80.5 Å². The second kappa shape index (κ2) is 8.50. The lowest BCUT2D eigenvalue weighted by molar-refractivity contribution is -0.159. The summed E-state index contributed by atoms with van der Waals surface area (Å²) < 4.78 is 4.69. The number of carbonyl (C=O) groups excluding carboxylic acids is 3. The molecular weight excluding hydrogens is 406 g/mol. The smallest absolute Gasteiger partial charge is 0.337 e. The summed E-state index contributed by atoms with van der Waals surface area (Å²) in [5.41, 5.74) is 1.02. The number of hydrogen-bond acceptors (Lipinski definition) is 5. The first-order valence-electron chi connectivity index (χ1n) is 11.9. The zero-order chi connectivity index (χ0) is 22.3. The summed E-state index contributed by atoms with van der Waals surface area (Å²) in [5.74, 6) is 2.23. The molecule has 4 saturated carbocycles. The molecule has 1 heterocycles. The van der Waals surface area contributed by atoms with Gasteiger partial charge in [0.1, 0.15) is 0 Å². The number of ether oxygens (including phenoxy) is 1. The van der Waals surface area contributed by atoms with E-state index in [1.807, 2.05) is 0 Å². The molecule has 4 aliphatic carbocycles. The number of methoxy groups -OCH3 is 1. The van der Waals surface area contributed by atoms with E-state index in [1.54, 1.807) is 24.3 Å². The number of rotatable bonds is 5. The van der Waals surface area contributed by atoms with Crippen LogP contribution in [0.4, 0.5) is 5.69 Å². The van der Waals surface area contributed by atoms with Crippen molar-refractivity contribution in [2.45, 2.75) is 38.5 Å². The molecule has 0 atom stereocenters. The predicted octanol–water partition coefficient (Wildman–Crippen LogP) is 2.77. The fourth-order valence-corrected chi connectivity index (χ4v) is 7.03. The van der Waals surface area contributed by atoms with Crippen molar-refractivity contribution < 1.29 is 19.1 Å². The average Bonchev–Trinajstić information content (AvgIpc) is 2.78. The summed E-state index contributed by atoms with van der Waals surface area (Å²) in [6, 6.07) is 6.67. The van der Waals surface area contributed by atoms with Crippen LogP contribution in [0.1, 0.15) is 48.9 Å². The molecule has 7 heteroatoms. The third kappa shape index (κ3) is 4.15. The van der Waals surface area contributed by atoms with Gasteiger partial charge in [-0.25, -0.2) is 4.79 Å². The van der Waals surface area contributed by atoms with Crippen LogP contribution in [-0.4, -0.2) is 67.4 Å². The van der Waals surface area contributed by atoms with E-state index in [2.05, 4.69) is 15.1 Å². The first-order valence-corrected chi connectivity index (χ1v) is 11.9. The van der Waals surface area contributed by atoms with E-state index < -0.39 is 5.97 Å². The molecule has 0 radical (unpaired) electrons. The topological polar surface area (TPSA) is 79.0 Å². The van der Waals surface area contributed by atoms with E-state index in [-0.39, 0.29) is 11.3 Å². The van der Waals surface area contributed by atoms with Gasteiger partial charge in [-0.1, -0.05) is 0 Å². The maximum atomic E-state index is 13.5. The van der Waals surface area contributed by atoms with Crippen LogP contribution in [0.2, 0.25) is 0 Å². The fourth-order valence-electron chi connectivity index (χ4n) is 7.03. The number of amides is 2. The Bertz CT molecular complexity index is 854. The van der Waals surface area contributed by atoms with Gasteiger partial charge in [0.05, 0.1) is 24.6 Å². The number of anilines is 1. The van der Waals surface area contributed by atoms with Crippen LogP contribution in [0, 0.1) is 23.2 Å². The number of carbonyl (C=O) groups is 3. The molecule has 5 aliphatic rings. The monoisotopic (exact) mass is 439 g/mol. The summed E-state index contributed by atoms with van der Waals surface area (Å²) in [6.45, 7) is 3.18. The molecule has 1 aromatic rings. The maximum absolute atomic E-state index is 13.5. The molecule has 0 spiro atoms. The van der Waals surface area contributed by atoms with Crippen LogP contribution in [0.5, 0.6) is 0 Å². The van der Waals surface area contributed by atoms with Crippen molar-refractivity contribution in [3.05, 3.63) is 29.8 Å². The number of esters is 1. The highest BCUT2D eigenvalue weighted by Crippen LogP contribution is 2.60. The number of nitrogens with zero attached hydrogens (tertiary/aromatic N) is 2. The van der Waals surface area contributed by atoms with E-state index in [4.69, 9.17) is 4.74 Å². The fraction of sp³-hybridized carbons (Fsp3) is 0.640. The maximum Gasteiger partial charge on any atom is 0.337 e. The van der Waals surface area contributed by atoms with Gasteiger partial charge in [-0.3, -0.25) is 14.5 Å². The van der Waals surface area contributed by atoms with Crippen molar-refractivity contribution in [1.82, 2.24) is 9.80 Å². The normalized spacial score (nSPS) is 31.4. The summed E-state index contributed by atoms with van der Waals surface area (Å²) in [5, 5.41) is 2.88. The van der Waals surface area contributed by atoms with E-state index in [0.29, 0.717) is 36.8 Å². The molecule has 0 unspecified atom stereocenters. The van der Waals surface area contributed by atoms with Crippen molar-refractivity contribution >= 4 is 23.5 Å². The summed E-state index contributed by atoms with van der Waals surface area (Å²) in [6.07, 6.45) is 7.36. The van der Waals surface area contributed by atoms with Crippen LogP contribution in [-0.2, 0) is 14.3 Å². The van der Waals surface area contributed by atoms with Gasteiger partial charge in [-0.15, -0.1) is 0 Å². The first kappa shape index (κ1) is 21.4. The minimum Gasteiger partial charge on any atom is -0.465 e. The minimum atomic E-state index is -0.399. The summed E-state index contributed by atoms with van der Waals surface area (Å²) in [7, 11) is 1.34. The Hall–Kier alpha value is -2.41. The lowest BCUT2D eigenvalue weighted by Crippen LogP contribution is -2.58. The Labute approximate surface area is 189 Å². The highest BCUT2D eigenvalue weighted by Gasteiger charge is 2.55. The van der Waals surface area contributed by atoms with Crippen molar-refractivity contribution in [3.63, 3.8) is 0 Å². The zero-order valence-corrected chi connectivity index (χ0v) is 18.8. The van der Waals surface area contributed by atoms with Gasteiger partial charge < -0.3 is 15.0 Å². The molecule has 1 N–H and O–H groups in total. The van der Waals surface area contributed by atoms with Crippen LogP contribution < -0.4 is 5.32 Å². The molecule has 0 aromatic heterocycles. The van der Waals surface area contributed by atoms with Crippen molar-refractivity contribution in [2.24, 2.45) is 23.2 Å².